The van der Waals surface area contributed by atoms with Gasteiger partial charge in [0.1, 0.15) is 0 Å². The first-order chi connectivity index (χ1) is 7.62. The van der Waals surface area contributed by atoms with E-state index >= 15 is 0 Å². The maximum absolute atomic E-state index is 5.94. The van der Waals surface area contributed by atoms with Crippen LogP contribution in [-0.2, 0) is 0 Å². The van der Waals surface area contributed by atoms with Crippen molar-refractivity contribution in [2.45, 2.75) is 39.5 Å². The number of rotatable bonds is 5. The minimum atomic E-state index is 0.179. The van der Waals surface area contributed by atoms with E-state index in [0.717, 1.165) is 31.4 Å². The molecule has 0 aromatic carbocycles. The summed E-state index contributed by atoms with van der Waals surface area (Å²) >= 11 is 0. The van der Waals surface area contributed by atoms with E-state index in [1.165, 1.54) is 5.57 Å². The van der Waals surface area contributed by atoms with E-state index in [4.69, 9.17) is 5.73 Å². The second kappa shape index (κ2) is 5.74. The van der Waals surface area contributed by atoms with Gasteiger partial charge in [-0.2, -0.15) is 0 Å². The quantitative estimate of drug-likeness (QED) is 0.689. The summed E-state index contributed by atoms with van der Waals surface area (Å²) in [6.45, 7) is 8.25. The molecule has 0 aromatic heterocycles. The SMILES string of the molecule is C=CCCC1(C)CC(N)=CC=C1/C=C\CC. The van der Waals surface area contributed by atoms with Crippen molar-refractivity contribution in [3.05, 3.63) is 48.2 Å². The molecule has 1 unspecified atom stereocenters. The van der Waals surface area contributed by atoms with Gasteiger partial charge < -0.3 is 5.73 Å². The molecular formula is C15H23N. The summed E-state index contributed by atoms with van der Waals surface area (Å²) in [5.41, 5.74) is 8.50. The Morgan fingerprint density at radius 2 is 2.25 bits per heavy atom. The summed E-state index contributed by atoms with van der Waals surface area (Å²) in [6.07, 6.45) is 14.8. The molecule has 0 radical (unpaired) electrons. The Morgan fingerprint density at radius 1 is 1.50 bits per heavy atom. The molecule has 1 aliphatic rings. The fraction of sp³-hybridized carbons (Fsp3) is 0.467. The molecule has 0 aliphatic heterocycles. The standard InChI is InChI=1S/C15H23N/c1-4-6-8-13-9-10-14(16)12-15(13,3)11-7-5-2/h5-6,8-10H,2,4,7,11-12,16H2,1,3H3/b8-6-. The highest BCUT2D eigenvalue weighted by Gasteiger charge is 2.29. The molecule has 0 saturated carbocycles. The predicted molar refractivity (Wildman–Crippen MR) is 71.9 cm³/mol. The van der Waals surface area contributed by atoms with E-state index in [2.05, 4.69) is 38.7 Å². The van der Waals surface area contributed by atoms with Gasteiger partial charge in [-0.15, -0.1) is 6.58 Å². The molecule has 88 valence electrons. The minimum Gasteiger partial charge on any atom is -0.402 e. The van der Waals surface area contributed by atoms with Crippen LogP contribution in [0.5, 0.6) is 0 Å². The summed E-state index contributed by atoms with van der Waals surface area (Å²) in [5, 5.41) is 0. The van der Waals surface area contributed by atoms with Crippen molar-refractivity contribution in [2.24, 2.45) is 11.1 Å². The van der Waals surface area contributed by atoms with E-state index in [1.54, 1.807) is 0 Å². The van der Waals surface area contributed by atoms with Crippen LogP contribution >= 0.6 is 0 Å². The number of hydrogen-bond donors (Lipinski definition) is 1. The lowest BCUT2D eigenvalue weighted by molar-refractivity contribution is 0.366. The van der Waals surface area contributed by atoms with E-state index in [9.17, 15) is 0 Å². The van der Waals surface area contributed by atoms with Gasteiger partial charge in [-0.1, -0.05) is 38.2 Å². The zero-order chi connectivity index (χ0) is 12.0. The van der Waals surface area contributed by atoms with Crippen LogP contribution in [0.15, 0.2) is 48.2 Å². The van der Waals surface area contributed by atoms with E-state index < -0.39 is 0 Å². The number of nitrogens with two attached hydrogens (primary N) is 1. The second-order valence-electron chi connectivity index (χ2n) is 4.74. The molecule has 0 amide bonds. The van der Waals surface area contributed by atoms with Crippen LogP contribution < -0.4 is 5.73 Å². The van der Waals surface area contributed by atoms with Gasteiger partial charge in [0.2, 0.25) is 0 Å². The maximum atomic E-state index is 5.94. The fourth-order valence-corrected chi connectivity index (χ4v) is 2.16. The third-order valence-electron chi connectivity index (χ3n) is 3.20. The molecule has 0 bridgehead atoms. The molecule has 1 aliphatic carbocycles. The molecule has 0 fully saturated rings. The van der Waals surface area contributed by atoms with Crippen molar-refractivity contribution < 1.29 is 0 Å². The van der Waals surface area contributed by atoms with Gasteiger partial charge in [0, 0.05) is 5.70 Å². The van der Waals surface area contributed by atoms with Crippen molar-refractivity contribution in [1.29, 1.82) is 0 Å². The van der Waals surface area contributed by atoms with Gasteiger partial charge in [0.05, 0.1) is 0 Å². The maximum Gasteiger partial charge on any atom is 0.00894 e. The lowest BCUT2D eigenvalue weighted by Gasteiger charge is -2.33. The highest BCUT2D eigenvalue weighted by molar-refractivity contribution is 5.36. The molecule has 0 saturated heterocycles. The van der Waals surface area contributed by atoms with Gasteiger partial charge in [-0.3, -0.25) is 0 Å². The molecule has 1 rings (SSSR count). The average Bonchev–Trinajstić information content (AvgIpc) is 2.25. The topological polar surface area (TPSA) is 26.0 Å². The van der Waals surface area contributed by atoms with Crippen molar-refractivity contribution in [1.82, 2.24) is 0 Å². The van der Waals surface area contributed by atoms with Crippen LogP contribution in [-0.4, -0.2) is 0 Å². The largest absolute Gasteiger partial charge is 0.402 e. The first kappa shape index (κ1) is 12.8. The molecule has 2 N–H and O–H groups in total. The highest BCUT2D eigenvalue weighted by atomic mass is 14.6. The summed E-state index contributed by atoms with van der Waals surface area (Å²) < 4.78 is 0. The summed E-state index contributed by atoms with van der Waals surface area (Å²) in [7, 11) is 0. The molecular weight excluding hydrogens is 194 g/mol. The molecule has 0 heterocycles. The fourth-order valence-electron chi connectivity index (χ4n) is 2.16. The molecule has 1 atom stereocenters. The monoisotopic (exact) mass is 217 g/mol. The Kier molecular flexibility index (Phi) is 4.60. The van der Waals surface area contributed by atoms with Crippen LogP contribution in [0.2, 0.25) is 0 Å². The highest BCUT2D eigenvalue weighted by Crippen LogP contribution is 2.41. The van der Waals surface area contributed by atoms with Crippen LogP contribution in [0.4, 0.5) is 0 Å². The molecule has 0 aromatic rings. The lowest BCUT2D eigenvalue weighted by atomic mass is 9.72. The van der Waals surface area contributed by atoms with Crippen LogP contribution in [0.3, 0.4) is 0 Å². The van der Waals surface area contributed by atoms with Crippen LogP contribution in [0.1, 0.15) is 39.5 Å². The van der Waals surface area contributed by atoms with Crippen LogP contribution in [0.25, 0.3) is 0 Å². The second-order valence-corrected chi connectivity index (χ2v) is 4.74. The van der Waals surface area contributed by atoms with Gasteiger partial charge in [0.15, 0.2) is 0 Å². The van der Waals surface area contributed by atoms with Gasteiger partial charge >= 0.3 is 0 Å². The Balaban J connectivity index is 2.88. The molecule has 16 heavy (non-hydrogen) atoms. The molecule has 1 nitrogen and oxygen atoms in total. The van der Waals surface area contributed by atoms with Crippen molar-refractivity contribution >= 4 is 0 Å². The van der Waals surface area contributed by atoms with Gasteiger partial charge in [-0.05, 0) is 42.7 Å². The third-order valence-corrected chi connectivity index (χ3v) is 3.20. The summed E-state index contributed by atoms with van der Waals surface area (Å²) in [4.78, 5) is 0. The smallest absolute Gasteiger partial charge is 0.00894 e. The summed E-state index contributed by atoms with van der Waals surface area (Å²) in [5.74, 6) is 0. The first-order valence-electron chi connectivity index (χ1n) is 6.06. The van der Waals surface area contributed by atoms with Crippen molar-refractivity contribution in [3.8, 4) is 0 Å². The Hall–Kier alpha value is -1.24. The normalized spacial score (nSPS) is 25.4. The number of allylic oxidation sites excluding steroid dienone is 7. The Morgan fingerprint density at radius 3 is 2.88 bits per heavy atom. The van der Waals surface area contributed by atoms with Gasteiger partial charge in [-0.25, -0.2) is 0 Å². The molecule has 0 spiro atoms. The van der Waals surface area contributed by atoms with Crippen LogP contribution in [0, 0.1) is 5.41 Å². The zero-order valence-corrected chi connectivity index (χ0v) is 10.5. The zero-order valence-electron chi connectivity index (χ0n) is 10.5. The average molecular weight is 217 g/mol. The minimum absolute atomic E-state index is 0.179. The summed E-state index contributed by atoms with van der Waals surface area (Å²) in [6, 6.07) is 0. The van der Waals surface area contributed by atoms with E-state index in [1.807, 2.05) is 12.2 Å². The Bertz CT molecular complexity index is 333. The molecule has 1 heteroatoms. The number of hydrogen-bond acceptors (Lipinski definition) is 1. The van der Waals surface area contributed by atoms with Gasteiger partial charge in [0.25, 0.3) is 0 Å². The first-order valence-corrected chi connectivity index (χ1v) is 6.06. The van der Waals surface area contributed by atoms with E-state index in [-0.39, 0.29) is 5.41 Å². The van der Waals surface area contributed by atoms with Crippen molar-refractivity contribution in [2.75, 3.05) is 0 Å². The Labute approximate surface area is 99.4 Å². The van der Waals surface area contributed by atoms with E-state index in [0.29, 0.717) is 0 Å². The predicted octanol–water partition coefficient (Wildman–Crippen LogP) is 4.10. The third kappa shape index (κ3) is 3.13. The lowest BCUT2D eigenvalue weighted by Crippen LogP contribution is -2.24. The van der Waals surface area contributed by atoms with Crippen molar-refractivity contribution in [3.63, 3.8) is 0 Å².